The van der Waals surface area contributed by atoms with Gasteiger partial charge in [-0.15, -0.1) is 0 Å². The number of ether oxygens (including phenoxy) is 3. The van der Waals surface area contributed by atoms with Crippen molar-refractivity contribution < 1.29 is 36.6 Å². The summed E-state index contributed by atoms with van der Waals surface area (Å²) in [6.45, 7) is 2.52. The zero-order valence-corrected chi connectivity index (χ0v) is 17.5. The summed E-state index contributed by atoms with van der Waals surface area (Å²) in [6, 6.07) is 8.91. The van der Waals surface area contributed by atoms with Crippen molar-refractivity contribution in [2.45, 2.75) is 26.1 Å². The molecule has 9 heteroatoms. The fourth-order valence-corrected chi connectivity index (χ4v) is 2.89. The number of carbonyl (C=O) groups excluding carboxylic acids is 1. The molecule has 2 aromatic carbocycles. The average molecular weight is 441 g/mol. The molecule has 0 atom stereocenters. The molecule has 0 spiro atoms. The number of anilines is 1. The zero-order valence-electron chi connectivity index (χ0n) is 17.5. The number of halogens is 4. The minimum absolute atomic E-state index is 0.314. The molecule has 0 fully saturated rings. The highest BCUT2D eigenvalue weighted by molar-refractivity contribution is 5.95. The van der Waals surface area contributed by atoms with Crippen molar-refractivity contribution in [1.29, 1.82) is 0 Å². The summed E-state index contributed by atoms with van der Waals surface area (Å²) in [5.41, 5.74) is -1.59. The molecule has 168 valence electrons. The van der Waals surface area contributed by atoms with Crippen molar-refractivity contribution in [2.24, 2.45) is 0 Å². The Bertz CT molecular complexity index is 907. The van der Waals surface area contributed by atoms with E-state index in [9.17, 15) is 22.4 Å². The number of amides is 1. The second kappa shape index (κ2) is 10.2. The molecule has 0 aliphatic rings. The van der Waals surface area contributed by atoms with Gasteiger partial charge in [-0.2, -0.15) is 17.6 Å². The number of rotatable bonds is 8. The van der Waals surface area contributed by atoms with Gasteiger partial charge in [0.25, 0.3) is 11.9 Å². The maximum absolute atomic E-state index is 14.5. The van der Waals surface area contributed by atoms with E-state index < -0.39 is 35.8 Å². The largest absolute Gasteiger partial charge is 0.497 e. The van der Waals surface area contributed by atoms with Gasteiger partial charge >= 0.3 is 6.18 Å². The lowest BCUT2D eigenvalue weighted by molar-refractivity contribution is -0.123. The molecule has 2 aromatic rings. The van der Waals surface area contributed by atoms with Gasteiger partial charge in [-0.25, -0.2) is 0 Å². The van der Waals surface area contributed by atoms with Gasteiger partial charge in [0.05, 0.1) is 14.2 Å². The van der Waals surface area contributed by atoms with Gasteiger partial charge in [-0.05, 0) is 55.8 Å². The molecular weight excluding hydrogens is 418 g/mol. The maximum Gasteiger partial charge on any atom is 0.422 e. The number of hydrogen-bond acceptors (Lipinski definition) is 4. The molecule has 0 aliphatic heterocycles. The summed E-state index contributed by atoms with van der Waals surface area (Å²) in [5, 5.41) is 0. The van der Waals surface area contributed by atoms with E-state index in [0.717, 1.165) is 12.1 Å². The first-order chi connectivity index (χ1) is 14.6. The average Bonchev–Trinajstić information content (AvgIpc) is 2.72. The van der Waals surface area contributed by atoms with Crippen molar-refractivity contribution in [1.82, 2.24) is 0 Å². The van der Waals surface area contributed by atoms with Crippen LogP contribution in [0.25, 0.3) is 5.57 Å². The van der Waals surface area contributed by atoms with Crippen LogP contribution in [0.3, 0.4) is 0 Å². The number of nitrogens with zero attached hydrogens (tertiary/aromatic N) is 1. The summed E-state index contributed by atoms with van der Waals surface area (Å²) in [5.74, 6) is 0.180. The molecule has 0 N–H and O–H groups in total. The number of allylic oxidation sites excluding steroid dienone is 1. The molecule has 0 saturated carbocycles. The van der Waals surface area contributed by atoms with Crippen molar-refractivity contribution in [2.75, 3.05) is 25.7 Å². The molecular formula is C22H23F4NO4. The van der Waals surface area contributed by atoms with Crippen LogP contribution in [-0.4, -0.2) is 39.0 Å². The quantitative estimate of drug-likeness (QED) is 0.409. The second-order valence-corrected chi connectivity index (χ2v) is 6.72. The Kier molecular flexibility index (Phi) is 7.90. The van der Waals surface area contributed by atoms with E-state index in [1.807, 2.05) is 0 Å². The Hall–Kier alpha value is -3.23. The molecule has 2 rings (SSSR count). The molecule has 31 heavy (non-hydrogen) atoms. The molecule has 0 heterocycles. The first-order valence-electron chi connectivity index (χ1n) is 9.28. The fourth-order valence-electron chi connectivity index (χ4n) is 2.89. The number of hydrogen-bond donors (Lipinski definition) is 0. The van der Waals surface area contributed by atoms with E-state index in [0.29, 0.717) is 17.2 Å². The summed E-state index contributed by atoms with van der Waals surface area (Å²) in [4.78, 5) is 13.9. The normalized spacial score (nSPS) is 12.3. The van der Waals surface area contributed by atoms with Gasteiger partial charge in [0.1, 0.15) is 17.1 Å². The number of alkyl halides is 3. The third-order valence-corrected chi connectivity index (χ3v) is 4.32. The lowest BCUT2D eigenvalue weighted by atomic mass is 10.1. The highest BCUT2D eigenvalue weighted by Gasteiger charge is 2.39. The Morgan fingerprint density at radius 1 is 0.935 bits per heavy atom. The van der Waals surface area contributed by atoms with E-state index in [4.69, 9.17) is 9.47 Å². The van der Waals surface area contributed by atoms with E-state index in [1.165, 1.54) is 31.3 Å². The van der Waals surface area contributed by atoms with Crippen LogP contribution in [0.5, 0.6) is 11.5 Å². The van der Waals surface area contributed by atoms with Gasteiger partial charge < -0.3 is 19.1 Å². The minimum atomic E-state index is -5.03. The lowest BCUT2D eigenvalue weighted by Crippen LogP contribution is -2.39. The zero-order chi connectivity index (χ0) is 23.2. The minimum Gasteiger partial charge on any atom is -0.497 e. The van der Waals surface area contributed by atoms with E-state index >= 15 is 0 Å². The summed E-state index contributed by atoms with van der Waals surface area (Å²) in [6.07, 6.45) is -5.03. The molecule has 5 nitrogen and oxygen atoms in total. The molecule has 1 amide bonds. The van der Waals surface area contributed by atoms with Gasteiger partial charge in [0, 0.05) is 11.7 Å². The van der Waals surface area contributed by atoms with Gasteiger partial charge in [-0.3, -0.25) is 4.79 Å². The van der Waals surface area contributed by atoms with Gasteiger partial charge in [0.2, 0.25) is 0 Å². The standard InChI is InChI=1S/C22H23F4NO4/c1-14(2)27(16-7-11-18(30-4)12-8-16)19(28)13-31-21(23)20(22(24,25)26)15-5-9-17(29-3)10-6-15/h5-12,14H,13H2,1-4H3/b21-20+. The Balaban J connectivity index is 2.26. The topological polar surface area (TPSA) is 48.0 Å². The first kappa shape index (κ1) is 24.0. The Labute approximate surface area is 177 Å². The maximum atomic E-state index is 14.5. The van der Waals surface area contributed by atoms with Crippen LogP contribution >= 0.6 is 0 Å². The first-order valence-corrected chi connectivity index (χ1v) is 9.28. The SMILES string of the molecule is COc1ccc(/C(=C(/F)OCC(=O)N(c2ccc(OC)cc2)C(C)C)C(F)(F)F)cc1. The van der Waals surface area contributed by atoms with Crippen LogP contribution in [0.2, 0.25) is 0 Å². The highest BCUT2D eigenvalue weighted by Crippen LogP contribution is 2.37. The van der Waals surface area contributed by atoms with Crippen LogP contribution in [0, 0.1) is 0 Å². The predicted octanol–water partition coefficient (Wildman–Crippen LogP) is 5.36. The summed E-state index contributed by atoms with van der Waals surface area (Å²) < 4.78 is 69.5. The Morgan fingerprint density at radius 2 is 1.42 bits per heavy atom. The molecule has 0 saturated heterocycles. The smallest absolute Gasteiger partial charge is 0.422 e. The van der Waals surface area contributed by atoms with Crippen molar-refractivity contribution in [3.63, 3.8) is 0 Å². The third-order valence-electron chi connectivity index (χ3n) is 4.32. The molecule has 0 radical (unpaired) electrons. The number of methoxy groups -OCH3 is 2. The number of carbonyl (C=O) groups is 1. The number of benzene rings is 2. The van der Waals surface area contributed by atoms with Crippen LogP contribution < -0.4 is 14.4 Å². The monoisotopic (exact) mass is 441 g/mol. The molecule has 0 bridgehead atoms. The van der Waals surface area contributed by atoms with Crippen molar-refractivity contribution in [3.8, 4) is 11.5 Å². The van der Waals surface area contributed by atoms with E-state index in [-0.39, 0.29) is 6.04 Å². The van der Waals surface area contributed by atoms with Crippen molar-refractivity contribution in [3.05, 3.63) is 60.1 Å². The fraction of sp³-hybridized carbons (Fsp3) is 0.318. The van der Waals surface area contributed by atoms with Crippen LogP contribution in [-0.2, 0) is 9.53 Å². The third kappa shape index (κ3) is 6.13. The highest BCUT2D eigenvalue weighted by atomic mass is 19.4. The van der Waals surface area contributed by atoms with Crippen LogP contribution in [0.1, 0.15) is 19.4 Å². The van der Waals surface area contributed by atoms with Crippen LogP contribution in [0.15, 0.2) is 54.5 Å². The summed E-state index contributed by atoms with van der Waals surface area (Å²) >= 11 is 0. The summed E-state index contributed by atoms with van der Waals surface area (Å²) in [7, 11) is 2.85. The van der Waals surface area contributed by atoms with Gasteiger partial charge in [-0.1, -0.05) is 12.1 Å². The lowest BCUT2D eigenvalue weighted by Gasteiger charge is -2.27. The molecule has 0 unspecified atom stereocenters. The Morgan fingerprint density at radius 3 is 1.84 bits per heavy atom. The van der Waals surface area contributed by atoms with Crippen LogP contribution in [0.4, 0.5) is 23.2 Å². The predicted molar refractivity (Wildman–Crippen MR) is 109 cm³/mol. The van der Waals surface area contributed by atoms with E-state index in [1.54, 1.807) is 38.1 Å². The van der Waals surface area contributed by atoms with Gasteiger partial charge in [0.15, 0.2) is 6.61 Å². The van der Waals surface area contributed by atoms with E-state index in [2.05, 4.69) is 4.74 Å². The second-order valence-electron chi connectivity index (χ2n) is 6.72. The molecule has 0 aromatic heterocycles. The van der Waals surface area contributed by atoms with Crippen molar-refractivity contribution >= 4 is 17.2 Å². The molecule has 0 aliphatic carbocycles.